The van der Waals surface area contributed by atoms with Crippen LogP contribution in [0.2, 0.25) is 5.02 Å². The third-order valence-electron chi connectivity index (χ3n) is 3.87. The molecule has 1 heterocycles. The first-order valence-electron chi connectivity index (χ1n) is 8.23. The molecule has 0 aliphatic carbocycles. The van der Waals surface area contributed by atoms with Gasteiger partial charge in [0, 0.05) is 5.02 Å². The van der Waals surface area contributed by atoms with Crippen molar-refractivity contribution >= 4 is 28.8 Å². The van der Waals surface area contributed by atoms with Gasteiger partial charge in [-0.15, -0.1) is 11.3 Å². The summed E-state index contributed by atoms with van der Waals surface area (Å²) in [5.74, 6) is 0.597. The molecule has 1 aromatic heterocycles. The fourth-order valence-electron chi connectivity index (χ4n) is 2.49. The van der Waals surface area contributed by atoms with E-state index < -0.39 is 0 Å². The summed E-state index contributed by atoms with van der Waals surface area (Å²) in [6, 6.07) is 16.9. The fourth-order valence-corrected chi connectivity index (χ4v) is 3.49. The molecular formula is C20H19ClN2O2S. The van der Waals surface area contributed by atoms with Crippen molar-refractivity contribution in [3.63, 3.8) is 0 Å². The Hall–Kier alpha value is -2.37. The lowest BCUT2D eigenvalue weighted by Crippen LogP contribution is -2.26. The van der Waals surface area contributed by atoms with Gasteiger partial charge in [-0.25, -0.2) is 4.98 Å². The zero-order valence-corrected chi connectivity index (χ0v) is 16.1. The molecule has 4 nitrogen and oxygen atoms in total. The summed E-state index contributed by atoms with van der Waals surface area (Å²) in [5, 5.41) is 4.44. The topological polar surface area (TPSA) is 51.2 Å². The van der Waals surface area contributed by atoms with E-state index >= 15 is 0 Å². The molecule has 0 bridgehead atoms. The van der Waals surface area contributed by atoms with Gasteiger partial charge in [0.15, 0.2) is 0 Å². The van der Waals surface area contributed by atoms with Crippen LogP contribution in [-0.2, 0) is 6.61 Å². The number of carbonyl (C=O) groups is 1. The standard InChI is InChI=1S/C20H19ClN2O2S/c1-13(15-6-4-3-5-7-15)23-20(24)19-14(2)22-18(26-19)12-25-17-10-8-16(21)9-11-17/h3-11,13H,12H2,1-2H3,(H,23,24). The SMILES string of the molecule is Cc1nc(COc2ccc(Cl)cc2)sc1C(=O)NC(C)c1ccccc1. The van der Waals surface area contributed by atoms with Crippen LogP contribution in [0.25, 0.3) is 0 Å². The van der Waals surface area contributed by atoms with Gasteiger partial charge in [-0.3, -0.25) is 4.79 Å². The molecule has 3 rings (SSSR count). The summed E-state index contributed by atoms with van der Waals surface area (Å²) in [7, 11) is 0. The normalized spacial score (nSPS) is 11.8. The number of benzene rings is 2. The van der Waals surface area contributed by atoms with Crippen LogP contribution in [0.15, 0.2) is 54.6 Å². The number of carbonyl (C=O) groups excluding carboxylic acids is 1. The molecule has 1 amide bonds. The quantitative estimate of drug-likeness (QED) is 0.635. The summed E-state index contributed by atoms with van der Waals surface area (Å²) < 4.78 is 5.70. The molecule has 1 N–H and O–H groups in total. The minimum absolute atomic E-state index is 0.0704. The van der Waals surface area contributed by atoms with Crippen LogP contribution < -0.4 is 10.1 Å². The first kappa shape index (κ1) is 18.4. The third kappa shape index (κ3) is 4.62. The molecule has 0 radical (unpaired) electrons. The molecule has 2 aromatic carbocycles. The average Bonchev–Trinajstić information content (AvgIpc) is 3.03. The number of halogens is 1. The van der Waals surface area contributed by atoms with E-state index in [0.29, 0.717) is 28.0 Å². The molecule has 1 atom stereocenters. The maximum absolute atomic E-state index is 12.6. The molecule has 3 aromatic rings. The van der Waals surface area contributed by atoms with Gasteiger partial charge < -0.3 is 10.1 Å². The maximum Gasteiger partial charge on any atom is 0.263 e. The van der Waals surface area contributed by atoms with Gasteiger partial charge in [-0.05, 0) is 43.7 Å². The summed E-state index contributed by atoms with van der Waals surface area (Å²) >= 11 is 7.22. The van der Waals surface area contributed by atoms with Crippen molar-refractivity contribution in [2.24, 2.45) is 0 Å². The lowest BCUT2D eigenvalue weighted by atomic mass is 10.1. The van der Waals surface area contributed by atoms with Crippen LogP contribution >= 0.6 is 22.9 Å². The Labute approximate surface area is 161 Å². The van der Waals surface area contributed by atoms with Crippen molar-refractivity contribution in [1.29, 1.82) is 0 Å². The van der Waals surface area contributed by atoms with E-state index in [4.69, 9.17) is 16.3 Å². The minimum atomic E-state index is -0.117. The minimum Gasteiger partial charge on any atom is -0.486 e. The van der Waals surface area contributed by atoms with Gasteiger partial charge in [-0.1, -0.05) is 41.9 Å². The smallest absolute Gasteiger partial charge is 0.263 e. The van der Waals surface area contributed by atoms with E-state index in [0.717, 1.165) is 10.6 Å². The van der Waals surface area contributed by atoms with E-state index in [1.54, 1.807) is 24.3 Å². The second kappa shape index (κ2) is 8.34. The molecule has 0 spiro atoms. The number of ether oxygens (including phenoxy) is 1. The third-order valence-corrected chi connectivity index (χ3v) is 5.25. The van der Waals surface area contributed by atoms with E-state index in [-0.39, 0.29) is 11.9 Å². The number of thiazole rings is 1. The lowest BCUT2D eigenvalue weighted by molar-refractivity contribution is 0.0943. The fraction of sp³-hybridized carbons (Fsp3) is 0.200. The molecule has 6 heteroatoms. The van der Waals surface area contributed by atoms with Gasteiger partial charge in [0.2, 0.25) is 0 Å². The summed E-state index contributed by atoms with van der Waals surface area (Å²) in [4.78, 5) is 17.6. The van der Waals surface area contributed by atoms with E-state index in [1.165, 1.54) is 11.3 Å². The highest BCUT2D eigenvalue weighted by atomic mass is 35.5. The van der Waals surface area contributed by atoms with Crippen molar-refractivity contribution in [1.82, 2.24) is 10.3 Å². The Morgan fingerprint density at radius 3 is 2.58 bits per heavy atom. The molecule has 0 saturated heterocycles. The number of hydrogen-bond donors (Lipinski definition) is 1. The molecular weight excluding hydrogens is 368 g/mol. The average molecular weight is 387 g/mol. The number of nitrogens with zero attached hydrogens (tertiary/aromatic N) is 1. The number of hydrogen-bond acceptors (Lipinski definition) is 4. The summed E-state index contributed by atoms with van der Waals surface area (Å²) in [6.45, 7) is 4.12. The number of nitrogens with one attached hydrogen (secondary N) is 1. The second-order valence-corrected chi connectivity index (χ2v) is 7.39. The van der Waals surface area contributed by atoms with Crippen LogP contribution in [0.3, 0.4) is 0 Å². The number of rotatable bonds is 6. The van der Waals surface area contributed by atoms with Crippen molar-refractivity contribution in [2.45, 2.75) is 26.5 Å². The van der Waals surface area contributed by atoms with Gasteiger partial charge in [-0.2, -0.15) is 0 Å². The zero-order chi connectivity index (χ0) is 18.5. The Kier molecular flexibility index (Phi) is 5.91. The van der Waals surface area contributed by atoms with Crippen LogP contribution in [0.5, 0.6) is 5.75 Å². The molecule has 0 aliphatic heterocycles. The Balaban J connectivity index is 1.63. The first-order chi connectivity index (χ1) is 12.5. The number of aryl methyl sites for hydroxylation is 1. The summed E-state index contributed by atoms with van der Waals surface area (Å²) in [6.07, 6.45) is 0. The van der Waals surface area contributed by atoms with Crippen molar-refractivity contribution in [3.8, 4) is 5.75 Å². The number of aromatic nitrogens is 1. The second-order valence-electron chi connectivity index (χ2n) is 5.87. The van der Waals surface area contributed by atoms with Crippen LogP contribution in [0.1, 0.15) is 38.9 Å². The Morgan fingerprint density at radius 1 is 1.19 bits per heavy atom. The van der Waals surface area contributed by atoms with Crippen LogP contribution in [-0.4, -0.2) is 10.9 Å². The maximum atomic E-state index is 12.6. The summed E-state index contributed by atoms with van der Waals surface area (Å²) in [5.41, 5.74) is 1.77. The number of amides is 1. The highest BCUT2D eigenvalue weighted by molar-refractivity contribution is 7.13. The first-order valence-corrected chi connectivity index (χ1v) is 9.43. The largest absolute Gasteiger partial charge is 0.486 e. The predicted octanol–water partition coefficient (Wildman–Crippen LogP) is 5.17. The van der Waals surface area contributed by atoms with E-state index in [2.05, 4.69) is 10.3 Å². The van der Waals surface area contributed by atoms with Gasteiger partial charge >= 0.3 is 0 Å². The van der Waals surface area contributed by atoms with Gasteiger partial charge in [0.1, 0.15) is 22.2 Å². The van der Waals surface area contributed by atoms with Crippen molar-refractivity contribution in [3.05, 3.63) is 80.8 Å². The highest BCUT2D eigenvalue weighted by Crippen LogP contribution is 2.22. The zero-order valence-electron chi connectivity index (χ0n) is 14.5. The highest BCUT2D eigenvalue weighted by Gasteiger charge is 2.18. The van der Waals surface area contributed by atoms with Crippen molar-refractivity contribution in [2.75, 3.05) is 0 Å². The lowest BCUT2D eigenvalue weighted by Gasteiger charge is -2.13. The van der Waals surface area contributed by atoms with E-state index in [9.17, 15) is 4.79 Å². The molecule has 1 unspecified atom stereocenters. The molecule has 26 heavy (non-hydrogen) atoms. The van der Waals surface area contributed by atoms with E-state index in [1.807, 2.05) is 44.2 Å². The Bertz CT molecular complexity index is 879. The monoisotopic (exact) mass is 386 g/mol. The van der Waals surface area contributed by atoms with Gasteiger partial charge in [0.05, 0.1) is 11.7 Å². The van der Waals surface area contributed by atoms with Gasteiger partial charge in [0.25, 0.3) is 5.91 Å². The molecule has 0 saturated carbocycles. The Morgan fingerprint density at radius 2 is 1.88 bits per heavy atom. The van der Waals surface area contributed by atoms with Crippen LogP contribution in [0, 0.1) is 6.92 Å². The predicted molar refractivity (Wildman–Crippen MR) is 105 cm³/mol. The molecule has 0 fully saturated rings. The van der Waals surface area contributed by atoms with Crippen LogP contribution in [0.4, 0.5) is 0 Å². The molecule has 134 valence electrons. The van der Waals surface area contributed by atoms with Crippen molar-refractivity contribution < 1.29 is 9.53 Å². The molecule has 0 aliphatic rings.